The van der Waals surface area contributed by atoms with E-state index in [2.05, 4.69) is 15.0 Å². The maximum atomic E-state index is 11.4. The fourth-order valence-corrected chi connectivity index (χ4v) is 3.56. The van der Waals surface area contributed by atoms with E-state index in [4.69, 9.17) is 5.41 Å². The molecule has 134 valence electrons. The van der Waals surface area contributed by atoms with E-state index in [0.717, 1.165) is 21.7 Å². The number of aromatic nitrogens is 3. The first-order valence-electron chi connectivity index (χ1n) is 7.63. The minimum atomic E-state index is -3.61. The summed E-state index contributed by atoms with van der Waals surface area (Å²) in [6, 6.07) is 8.88. The third kappa shape index (κ3) is 4.18. The van der Waals surface area contributed by atoms with Gasteiger partial charge in [0.1, 0.15) is 16.2 Å². The summed E-state index contributed by atoms with van der Waals surface area (Å²) in [6.07, 6.45) is 4.60. The third-order valence-electron chi connectivity index (χ3n) is 3.60. The van der Waals surface area contributed by atoms with Crippen LogP contribution >= 0.6 is 11.3 Å². The number of aliphatic hydroxyl groups excluding tert-OH is 1. The lowest BCUT2D eigenvalue weighted by Crippen LogP contribution is -2.16. The number of nitrogens with zero attached hydrogens (tertiary/aromatic N) is 3. The summed E-state index contributed by atoms with van der Waals surface area (Å²) in [4.78, 5) is 13.7. The quantitative estimate of drug-likeness (QED) is 0.513. The van der Waals surface area contributed by atoms with E-state index in [1.54, 1.807) is 36.8 Å². The second kappa shape index (κ2) is 7.40. The molecule has 0 aliphatic carbocycles. The molecule has 0 saturated heterocycles. The molecule has 0 saturated carbocycles. The summed E-state index contributed by atoms with van der Waals surface area (Å²) in [5.74, 6) is 0. The lowest BCUT2D eigenvalue weighted by molar-refractivity contribution is 0.182. The molecule has 3 rings (SSSR count). The molecule has 0 radical (unpaired) electrons. The van der Waals surface area contributed by atoms with Gasteiger partial charge in [0.15, 0.2) is 9.84 Å². The number of hydrogen-bond donors (Lipinski definition) is 2. The first-order chi connectivity index (χ1) is 12.3. The van der Waals surface area contributed by atoms with Crippen LogP contribution in [0.4, 0.5) is 0 Å². The molecule has 26 heavy (non-hydrogen) atoms. The van der Waals surface area contributed by atoms with E-state index >= 15 is 0 Å². The largest absolute Gasteiger partial charge is 0.386 e. The first-order valence-corrected chi connectivity index (χ1v) is 10.3. The summed E-state index contributed by atoms with van der Waals surface area (Å²) in [7, 11) is -3.61. The third-order valence-corrected chi connectivity index (χ3v) is 5.74. The highest BCUT2D eigenvalue weighted by Gasteiger charge is 2.19. The summed E-state index contributed by atoms with van der Waals surface area (Å²) >= 11 is 1.44. The molecule has 0 aliphatic heterocycles. The van der Waals surface area contributed by atoms with Gasteiger partial charge in [-0.25, -0.2) is 18.4 Å². The number of aliphatic hydroxyl groups is 1. The van der Waals surface area contributed by atoms with Gasteiger partial charge < -0.3 is 5.11 Å². The van der Waals surface area contributed by atoms with E-state index in [9.17, 15) is 13.5 Å². The van der Waals surface area contributed by atoms with Gasteiger partial charge in [0.25, 0.3) is 0 Å². The standard InChI is InChI=1S/C17H16N4O3S2/c1-26(23,24)16(18)8-14(22)12-5-2-6-13(21-12)15-10-20-17(25-15)11-4-3-7-19-9-11/h2-7,9-10,14,18,22H,8H2,1H3. The molecule has 0 spiro atoms. The van der Waals surface area contributed by atoms with Crippen LogP contribution in [0.3, 0.4) is 0 Å². The minimum absolute atomic E-state index is 0.307. The normalized spacial score (nSPS) is 12.7. The Bertz CT molecular complexity index is 1030. The molecule has 0 aliphatic rings. The van der Waals surface area contributed by atoms with E-state index in [1.807, 2.05) is 12.1 Å². The molecular weight excluding hydrogens is 372 g/mol. The second-order valence-electron chi connectivity index (χ2n) is 5.63. The van der Waals surface area contributed by atoms with Crippen LogP contribution in [0.15, 0.2) is 48.9 Å². The Balaban J connectivity index is 1.84. The summed E-state index contributed by atoms with van der Waals surface area (Å²) in [5.41, 5.74) is 1.84. The Kier molecular flexibility index (Phi) is 5.21. The molecule has 9 heteroatoms. The molecule has 2 N–H and O–H groups in total. The zero-order valence-corrected chi connectivity index (χ0v) is 15.5. The lowest BCUT2D eigenvalue weighted by Gasteiger charge is -2.11. The molecule has 1 atom stereocenters. The summed E-state index contributed by atoms with van der Waals surface area (Å²) in [5, 5.41) is 18.1. The zero-order chi connectivity index (χ0) is 18.7. The van der Waals surface area contributed by atoms with Gasteiger partial charge in [0.2, 0.25) is 0 Å². The van der Waals surface area contributed by atoms with E-state index < -0.39 is 21.0 Å². The molecule has 7 nitrogen and oxygen atoms in total. The molecule has 3 aromatic rings. The molecule has 1 unspecified atom stereocenters. The molecule has 0 fully saturated rings. The maximum absolute atomic E-state index is 11.4. The van der Waals surface area contributed by atoms with Crippen LogP contribution < -0.4 is 0 Å². The van der Waals surface area contributed by atoms with Gasteiger partial charge >= 0.3 is 0 Å². The van der Waals surface area contributed by atoms with Crippen molar-refractivity contribution in [1.82, 2.24) is 15.0 Å². The van der Waals surface area contributed by atoms with E-state index in [0.29, 0.717) is 11.4 Å². The van der Waals surface area contributed by atoms with Gasteiger partial charge in [-0.1, -0.05) is 6.07 Å². The Hall–Kier alpha value is -2.49. The van der Waals surface area contributed by atoms with E-state index in [1.165, 1.54) is 11.3 Å². The van der Waals surface area contributed by atoms with Crippen LogP contribution in [0.25, 0.3) is 21.1 Å². The molecule has 3 heterocycles. The number of nitrogens with one attached hydrogen (secondary N) is 1. The van der Waals surface area contributed by atoms with Crippen molar-refractivity contribution in [2.75, 3.05) is 6.26 Å². The molecular formula is C17H16N4O3S2. The number of pyridine rings is 2. The Labute approximate surface area is 154 Å². The Morgan fingerprint density at radius 3 is 2.77 bits per heavy atom. The minimum Gasteiger partial charge on any atom is -0.386 e. The van der Waals surface area contributed by atoms with Crippen molar-refractivity contribution in [2.24, 2.45) is 0 Å². The van der Waals surface area contributed by atoms with Crippen LogP contribution in [-0.4, -0.2) is 39.8 Å². The van der Waals surface area contributed by atoms with Crippen LogP contribution in [0.5, 0.6) is 0 Å². The SMILES string of the molecule is CS(=O)(=O)C(=N)CC(O)c1cccc(-c2cnc(-c3cccnc3)s2)n1. The fourth-order valence-electron chi connectivity index (χ4n) is 2.22. The molecule has 0 bridgehead atoms. The Morgan fingerprint density at radius 2 is 2.08 bits per heavy atom. The topological polar surface area (TPSA) is 117 Å². The summed E-state index contributed by atoms with van der Waals surface area (Å²) < 4.78 is 22.7. The van der Waals surface area contributed by atoms with E-state index in [-0.39, 0.29) is 6.42 Å². The highest BCUT2D eigenvalue weighted by Crippen LogP contribution is 2.31. The van der Waals surface area contributed by atoms with Crippen molar-refractivity contribution in [3.8, 4) is 21.1 Å². The average molecular weight is 388 g/mol. The van der Waals surface area contributed by atoms with Crippen molar-refractivity contribution in [3.05, 3.63) is 54.6 Å². The van der Waals surface area contributed by atoms with Crippen LogP contribution in [0.2, 0.25) is 0 Å². The van der Waals surface area contributed by atoms with Crippen molar-refractivity contribution < 1.29 is 13.5 Å². The predicted octanol–water partition coefficient (Wildman–Crippen LogP) is 2.71. The van der Waals surface area contributed by atoms with Crippen molar-refractivity contribution in [2.45, 2.75) is 12.5 Å². The number of sulfone groups is 1. The van der Waals surface area contributed by atoms with Crippen LogP contribution in [0.1, 0.15) is 18.2 Å². The van der Waals surface area contributed by atoms with Gasteiger partial charge in [0.05, 0.1) is 16.3 Å². The fraction of sp³-hybridized carbons (Fsp3) is 0.176. The number of rotatable bonds is 5. The van der Waals surface area contributed by atoms with Crippen molar-refractivity contribution in [1.29, 1.82) is 5.41 Å². The van der Waals surface area contributed by atoms with Gasteiger partial charge in [-0.15, -0.1) is 11.3 Å². The molecule has 0 amide bonds. The summed E-state index contributed by atoms with van der Waals surface area (Å²) in [6.45, 7) is 0. The highest BCUT2D eigenvalue weighted by molar-refractivity contribution is 8.05. The smallest absolute Gasteiger partial charge is 0.188 e. The first kappa shape index (κ1) is 18.3. The molecule has 0 aromatic carbocycles. The van der Waals surface area contributed by atoms with Gasteiger partial charge in [-0.2, -0.15) is 0 Å². The van der Waals surface area contributed by atoms with Gasteiger partial charge in [0, 0.05) is 36.8 Å². The molecule has 3 aromatic heterocycles. The van der Waals surface area contributed by atoms with Gasteiger partial charge in [-0.05, 0) is 24.3 Å². The second-order valence-corrected chi connectivity index (χ2v) is 8.70. The van der Waals surface area contributed by atoms with Crippen LogP contribution in [0, 0.1) is 5.41 Å². The van der Waals surface area contributed by atoms with Crippen LogP contribution in [-0.2, 0) is 9.84 Å². The van der Waals surface area contributed by atoms with Crippen molar-refractivity contribution in [3.63, 3.8) is 0 Å². The average Bonchev–Trinajstić information content (AvgIpc) is 3.12. The zero-order valence-electron chi connectivity index (χ0n) is 13.8. The number of thiazole rings is 1. The van der Waals surface area contributed by atoms with Crippen molar-refractivity contribution >= 4 is 26.2 Å². The monoisotopic (exact) mass is 388 g/mol. The predicted molar refractivity (Wildman–Crippen MR) is 101 cm³/mol. The highest BCUT2D eigenvalue weighted by atomic mass is 32.2. The lowest BCUT2D eigenvalue weighted by atomic mass is 10.1. The van der Waals surface area contributed by atoms with Gasteiger partial charge in [-0.3, -0.25) is 10.4 Å². The maximum Gasteiger partial charge on any atom is 0.188 e. The number of hydrogen-bond acceptors (Lipinski definition) is 8. The Morgan fingerprint density at radius 1 is 1.27 bits per heavy atom.